The fourth-order valence-electron chi connectivity index (χ4n) is 3.69. The molecule has 2 amide bonds. The van der Waals surface area contributed by atoms with E-state index in [0.717, 1.165) is 15.7 Å². The number of ether oxygens (including phenoxy) is 2. The second-order valence-electron chi connectivity index (χ2n) is 7.86. The number of halogens is 1. The lowest BCUT2D eigenvalue weighted by atomic mass is 10.1. The predicted octanol–water partition coefficient (Wildman–Crippen LogP) is 4.92. The van der Waals surface area contributed by atoms with Crippen LogP contribution in [-0.2, 0) is 16.2 Å². The second kappa shape index (κ2) is 11.1. The molecule has 3 aromatic rings. The summed E-state index contributed by atoms with van der Waals surface area (Å²) < 4.78 is 12.7. The molecule has 1 atom stereocenters. The molecule has 1 fully saturated rings. The van der Waals surface area contributed by atoms with Crippen LogP contribution in [0.5, 0.6) is 11.5 Å². The highest BCUT2D eigenvalue weighted by Crippen LogP contribution is 2.31. The molecule has 0 aliphatic carbocycles. The van der Waals surface area contributed by atoms with Crippen LogP contribution >= 0.6 is 15.9 Å². The summed E-state index contributed by atoms with van der Waals surface area (Å²) in [7, 11) is 0. The molecular weight excluding hydrogens is 498 g/mol. The van der Waals surface area contributed by atoms with Crippen LogP contribution in [0.2, 0.25) is 0 Å². The van der Waals surface area contributed by atoms with Gasteiger partial charge in [0.2, 0.25) is 11.8 Å². The molecule has 8 heteroatoms. The maximum absolute atomic E-state index is 12.7. The smallest absolute Gasteiger partial charge is 0.243 e. The van der Waals surface area contributed by atoms with Gasteiger partial charge >= 0.3 is 0 Å². The Balaban J connectivity index is 1.35. The summed E-state index contributed by atoms with van der Waals surface area (Å²) in [5, 5.41) is 0. The molecule has 3 aromatic carbocycles. The van der Waals surface area contributed by atoms with E-state index in [9.17, 15) is 9.59 Å². The van der Waals surface area contributed by atoms with Gasteiger partial charge in [-0.25, -0.2) is 0 Å². The van der Waals surface area contributed by atoms with Gasteiger partial charge in [-0.3, -0.25) is 20.4 Å². The van der Waals surface area contributed by atoms with E-state index in [1.165, 1.54) is 0 Å². The third kappa shape index (κ3) is 5.88. The molecule has 2 N–H and O–H groups in total. The Morgan fingerprint density at radius 1 is 1.03 bits per heavy atom. The van der Waals surface area contributed by atoms with Crippen molar-refractivity contribution in [2.45, 2.75) is 20.0 Å². The third-order valence-electron chi connectivity index (χ3n) is 5.44. The Hall–Kier alpha value is -3.52. The van der Waals surface area contributed by atoms with Crippen LogP contribution < -0.4 is 25.2 Å². The van der Waals surface area contributed by atoms with Gasteiger partial charge in [0.25, 0.3) is 0 Å². The second-order valence-corrected chi connectivity index (χ2v) is 8.78. The van der Waals surface area contributed by atoms with Crippen LogP contribution in [0.15, 0.2) is 77.3 Å². The fourth-order valence-corrected chi connectivity index (χ4v) is 3.96. The number of para-hydroxylation sites is 1. The van der Waals surface area contributed by atoms with Crippen molar-refractivity contribution in [3.63, 3.8) is 0 Å². The van der Waals surface area contributed by atoms with Crippen molar-refractivity contribution in [3.05, 3.63) is 82.8 Å². The summed E-state index contributed by atoms with van der Waals surface area (Å²) in [5.41, 5.74) is 8.13. The van der Waals surface area contributed by atoms with Gasteiger partial charge in [0.1, 0.15) is 6.61 Å². The topological polar surface area (TPSA) is 79.9 Å². The van der Waals surface area contributed by atoms with Gasteiger partial charge in [-0.05, 0) is 48.9 Å². The third-order valence-corrected chi connectivity index (χ3v) is 5.97. The predicted molar refractivity (Wildman–Crippen MR) is 135 cm³/mol. The van der Waals surface area contributed by atoms with Crippen molar-refractivity contribution in [3.8, 4) is 11.5 Å². The van der Waals surface area contributed by atoms with Gasteiger partial charge in [-0.15, -0.1) is 0 Å². The van der Waals surface area contributed by atoms with E-state index in [-0.39, 0.29) is 18.2 Å². The summed E-state index contributed by atoms with van der Waals surface area (Å²) in [5.74, 6) is 0.462. The maximum Gasteiger partial charge on any atom is 0.243 e. The summed E-state index contributed by atoms with van der Waals surface area (Å²) in [6.07, 6.45) is 0.176. The van der Waals surface area contributed by atoms with E-state index in [0.29, 0.717) is 36.9 Å². The number of nitrogens with one attached hydrogen (secondary N) is 2. The first-order valence-corrected chi connectivity index (χ1v) is 11.9. The van der Waals surface area contributed by atoms with Crippen molar-refractivity contribution < 1.29 is 19.1 Å². The molecule has 1 aliphatic heterocycles. The lowest BCUT2D eigenvalue weighted by Gasteiger charge is -2.17. The fraction of sp³-hybridized carbons (Fsp3) is 0.231. The van der Waals surface area contributed by atoms with Crippen molar-refractivity contribution >= 4 is 39.1 Å². The molecule has 0 bridgehead atoms. The maximum atomic E-state index is 12.7. The Morgan fingerprint density at radius 2 is 1.79 bits per heavy atom. The molecule has 1 heterocycles. The number of carbonyl (C=O) groups excluding carboxylic acids is 2. The molecule has 7 nitrogen and oxygen atoms in total. The van der Waals surface area contributed by atoms with Gasteiger partial charge in [0.15, 0.2) is 11.5 Å². The summed E-state index contributed by atoms with van der Waals surface area (Å²) in [4.78, 5) is 26.7. The normalized spacial score (nSPS) is 15.2. The van der Waals surface area contributed by atoms with E-state index >= 15 is 0 Å². The highest BCUT2D eigenvalue weighted by Gasteiger charge is 2.35. The number of carbonyl (C=O) groups is 2. The quantitative estimate of drug-likeness (QED) is 0.389. The summed E-state index contributed by atoms with van der Waals surface area (Å²) in [6, 6.07) is 22.7. The molecule has 0 spiro atoms. The van der Waals surface area contributed by atoms with Crippen LogP contribution in [0, 0.1) is 5.92 Å². The van der Waals surface area contributed by atoms with Gasteiger partial charge in [-0.1, -0.05) is 46.3 Å². The van der Waals surface area contributed by atoms with Crippen LogP contribution in [0.4, 0.5) is 11.4 Å². The largest absolute Gasteiger partial charge is 0.490 e. The Kier molecular flexibility index (Phi) is 7.69. The first-order chi connectivity index (χ1) is 16.5. The molecule has 0 saturated carbocycles. The van der Waals surface area contributed by atoms with Crippen LogP contribution in [0.1, 0.15) is 18.9 Å². The Morgan fingerprint density at radius 3 is 2.53 bits per heavy atom. The molecule has 1 aliphatic rings. The van der Waals surface area contributed by atoms with E-state index in [1.807, 2.05) is 61.5 Å². The molecule has 4 rings (SSSR count). The number of anilines is 2. The number of rotatable bonds is 9. The van der Waals surface area contributed by atoms with Crippen LogP contribution in [-0.4, -0.2) is 25.0 Å². The summed E-state index contributed by atoms with van der Waals surface area (Å²) in [6.45, 7) is 3.13. The zero-order valence-corrected chi connectivity index (χ0v) is 20.4. The van der Waals surface area contributed by atoms with Crippen molar-refractivity contribution in [2.75, 3.05) is 23.5 Å². The highest BCUT2D eigenvalue weighted by molar-refractivity contribution is 9.10. The number of hydrazine groups is 1. The minimum atomic E-state index is -0.430. The number of hydrogen-bond acceptors (Lipinski definition) is 5. The molecular formula is C26H26BrN3O4. The van der Waals surface area contributed by atoms with Gasteiger partial charge in [-0.2, -0.15) is 0 Å². The number of nitrogens with zero attached hydrogens (tertiary/aromatic N) is 1. The molecule has 34 heavy (non-hydrogen) atoms. The minimum Gasteiger partial charge on any atom is -0.490 e. The van der Waals surface area contributed by atoms with E-state index in [1.54, 1.807) is 23.1 Å². The molecule has 0 aromatic heterocycles. The lowest BCUT2D eigenvalue weighted by molar-refractivity contribution is -0.125. The number of benzene rings is 3. The first-order valence-electron chi connectivity index (χ1n) is 11.1. The lowest BCUT2D eigenvalue weighted by Crippen LogP contribution is -2.36. The van der Waals surface area contributed by atoms with Gasteiger partial charge in [0.05, 0.1) is 18.2 Å². The minimum absolute atomic E-state index is 0.0581. The monoisotopic (exact) mass is 523 g/mol. The summed E-state index contributed by atoms with van der Waals surface area (Å²) >= 11 is 3.43. The molecule has 0 radical (unpaired) electrons. The van der Waals surface area contributed by atoms with Gasteiger partial charge in [0, 0.05) is 29.2 Å². The molecule has 1 saturated heterocycles. The van der Waals surface area contributed by atoms with Crippen LogP contribution in [0.25, 0.3) is 0 Å². The van der Waals surface area contributed by atoms with Gasteiger partial charge < -0.3 is 14.4 Å². The van der Waals surface area contributed by atoms with E-state index in [4.69, 9.17) is 9.47 Å². The highest BCUT2D eigenvalue weighted by atomic mass is 79.9. The average Bonchev–Trinajstić information content (AvgIpc) is 3.25. The van der Waals surface area contributed by atoms with Crippen molar-refractivity contribution in [1.82, 2.24) is 5.43 Å². The zero-order chi connectivity index (χ0) is 23.9. The van der Waals surface area contributed by atoms with E-state index in [2.05, 4.69) is 26.8 Å². The number of amides is 2. The zero-order valence-electron chi connectivity index (χ0n) is 18.8. The van der Waals surface area contributed by atoms with Crippen LogP contribution in [0.3, 0.4) is 0 Å². The standard InChI is InChI=1S/C26H26BrN3O4/c1-2-33-24-15-21(12-13-23(24)34-17-18-8-10-20(27)11-9-18)28-29-26(32)19-14-25(31)30(16-19)22-6-4-3-5-7-22/h3-13,15,19,28H,2,14,16-17H2,1H3,(H,29,32)/t19-/m0/s1. The average molecular weight is 524 g/mol. The Bertz CT molecular complexity index is 1140. The molecule has 0 unspecified atom stereocenters. The van der Waals surface area contributed by atoms with Crippen molar-refractivity contribution in [2.24, 2.45) is 5.92 Å². The number of hydrogen-bond donors (Lipinski definition) is 2. The Labute approximate surface area is 207 Å². The SMILES string of the molecule is CCOc1cc(NNC(=O)[C@H]2CC(=O)N(c3ccccc3)C2)ccc1OCc1ccc(Br)cc1. The first kappa shape index (κ1) is 23.6. The van der Waals surface area contributed by atoms with E-state index < -0.39 is 5.92 Å². The van der Waals surface area contributed by atoms with Crippen molar-refractivity contribution in [1.29, 1.82) is 0 Å². The molecule has 176 valence electrons.